The quantitative estimate of drug-likeness (QED) is 0.566. The highest BCUT2D eigenvalue weighted by molar-refractivity contribution is 5.79. The van der Waals surface area contributed by atoms with E-state index in [-0.39, 0.29) is 17.8 Å². The number of anilines is 1. The summed E-state index contributed by atoms with van der Waals surface area (Å²) in [7, 11) is 1.40. The minimum absolute atomic E-state index is 0.0423. The number of oxazole rings is 1. The van der Waals surface area contributed by atoms with Crippen molar-refractivity contribution < 1.29 is 18.7 Å². The molecule has 7 heteroatoms. The van der Waals surface area contributed by atoms with E-state index in [0.29, 0.717) is 19.0 Å². The normalized spacial score (nSPS) is 15.1. The van der Waals surface area contributed by atoms with Gasteiger partial charge in [-0.25, -0.2) is 0 Å². The second-order valence-electron chi connectivity index (χ2n) is 6.90. The Morgan fingerprint density at radius 3 is 2.74 bits per heavy atom. The Kier molecular flexibility index (Phi) is 6.68. The van der Waals surface area contributed by atoms with E-state index in [1.165, 1.54) is 7.11 Å². The number of fused-ring (bicyclic) bond motifs is 1. The third-order valence-electron chi connectivity index (χ3n) is 5.00. The number of hydrogen-bond acceptors (Lipinski definition) is 6. The summed E-state index contributed by atoms with van der Waals surface area (Å²) in [5.41, 5.74) is 1.65. The molecule has 1 aromatic heterocycles. The van der Waals surface area contributed by atoms with Crippen LogP contribution in [-0.4, -0.2) is 43.6 Å². The zero-order valence-electron chi connectivity index (χ0n) is 15.8. The Morgan fingerprint density at radius 1 is 1.22 bits per heavy atom. The highest BCUT2D eigenvalue weighted by Crippen LogP contribution is 2.26. The lowest BCUT2D eigenvalue weighted by Gasteiger charge is -2.30. The van der Waals surface area contributed by atoms with Crippen molar-refractivity contribution in [1.82, 2.24) is 10.3 Å². The van der Waals surface area contributed by atoms with Crippen LogP contribution >= 0.6 is 0 Å². The molecule has 2 heterocycles. The molecule has 1 fully saturated rings. The molecular formula is C20H27N3O4. The maximum Gasteiger partial charge on any atom is 0.305 e. The molecular weight excluding hydrogens is 346 g/mol. The molecule has 0 bridgehead atoms. The first-order chi connectivity index (χ1) is 13.2. The molecule has 0 saturated carbocycles. The van der Waals surface area contributed by atoms with E-state index in [0.717, 1.165) is 56.3 Å². The lowest BCUT2D eigenvalue weighted by molar-refractivity contribution is -0.140. The molecule has 27 heavy (non-hydrogen) atoms. The van der Waals surface area contributed by atoms with Crippen LogP contribution in [0.1, 0.15) is 38.5 Å². The zero-order chi connectivity index (χ0) is 19.1. The van der Waals surface area contributed by atoms with Crippen LogP contribution in [0.3, 0.4) is 0 Å². The number of hydrogen-bond donors (Lipinski definition) is 1. The Labute approximate surface area is 159 Å². The molecule has 1 saturated heterocycles. The Bertz CT molecular complexity index is 732. The Morgan fingerprint density at radius 2 is 2.00 bits per heavy atom. The zero-order valence-corrected chi connectivity index (χ0v) is 15.8. The number of nitrogens with one attached hydrogen (secondary N) is 1. The van der Waals surface area contributed by atoms with Crippen LogP contribution in [0.5, 0.6) is 0 Å². The summed E-state index contributed by atoms with van der Waals surface area (Å²) in [5.74, 6) is -0.00869. The van der Waals surface area contributed by atoms with Crippen LogP contribution in [-0.2, 0) is 14.3 Å². The van der Waals surface area contributed by atoms with E-state index < -0.39 is 0 Å². The Balaban J connectivity index is 1.36. The van der Waals surface area contributed by atoms with Gasteiger partial charge in [-0.05, 0) is 37.8 Å². The molecule has 1 N–H and O–H groups in total. The number of aromatic nitrogens is 1. The first-order valence-corrected chi connectivity index (χ1v) is 9.62. The van der Waals surface area contributed by atoms with Gasteiger partial charge in [-0.2, -0.15) is 4.98 Å². The smallest absolute Gasteiger partial charge is 0.305 e. The maximum absolute atomic E-state index is 12.3. The van der Waals surface area contributed by atoms with Gasteiger partial charge in [0.1, 0.15) is 5.52 Å². The van der Waals surface area contributed by atoms with E-state index in [2.05, 4.69) is 19.9 Å². The molecule has 1 amide bonds. The van der Waals surface area contributed by atoms with Crippen molar-refractivity contribution in [3.05, 3.63) is 24.3 Å². The third-order valence-corrected chi connectivity index (χ3v) is 5.00. The number of benzene rings is 1. The number of carbonyl (C=O) groups is 2. The standard InChI is InChI=1S/C20H27N3O4/c1-26-18(24)9-3-2-6-12-21-19(25)15-10-13-23(14-11-15)20-22-16-7-4-5-8-17(16)27-20/h4-5,7-8,15H,2-3,6,9-14H2,1H3,(H,21,25). The van der Waals surface area contributed by atoms with Gasteiger partial charge in [0, 0.05) is 32.0 Å². The summed E-state index contributed by atoms with van der Waals surface area (Å²) in [6, 6.07) is 8.37. The molecule has 0 atom stereocenters. The van der Waals surface area contributed by atoms with Crippen LogP contribution in [0.2, 0.25) is 0 Å². The molecule has 2 aromatic rings. The van der Waals surface area contributed by atoms with Gasteiger partial charge in [-0.15, -0.1) is 0 Å². The van der Waals surface area contributed by atoms with Crippen molar-refractivity contribution >= 4 is 29.0 Å². The Hall–Kier alpha value is -2.57. The molecule has 0 unspecified atom stereocenters. The highest BCUT2D eigenvalue weighted by Gasteiger charge is 2.26. The fraction of sp³-hybridized carbons (Fsp3) is 0.550. The van der Waals surface area contributed by atoms with Gasteiger partial charge in [0.25, 0.3) is 6.01 Å². The van der Waals surface area contributed by atoms with Gasteiger partial charge in [-0.3, -0.25) is 9.59 Å². The average molecular weight is 373 g/mol. The number of methoxy groups -OCH3 is 1. The van der Waals surface area contributed by atoms with E-state index >= 15 is 0 Å². The van der Waals surface area contributed by atoms with Crippen LogP contribution < -0.4 is 10.2 Å². The van der Waals surface area contributed by atoms with E-state index in [1.807, 2.05) is 24.3 Å². The summed E-state index contributed by atoms with van der Waals surface area (Å²) in [4.78, 5) is 30.0. The topological polar surface area (TPSA) is 84.7 Å². The van der Waals surface area contributed by atoms with E-state index in [9.17, 15) is 9.59 Å². The number of rotatable bonds is 8. The van der Waals surface area contributed by atoms with Crippen LogP contribution in [0.25, 0.3) is 11.1 Å². The SMILES string of the molecule is COC(=O)CCCCCNC(=O)C1CCN(c2nc3ccccc3o2)CC1. The van der Waals surface area contributed by atoms with Crippen molar-refractivity contribution in [2.24, 2.45) is 5.92 Å². The second kappa shape index (κ2) is 9.39. The maximum atomic E-state index is 12.3. The van der Waals surface area contributed by atoms with E-state index in [1.54, 1.807) is 0 Å². The van der Waals surface area contributed by atoms with Gasteiger partial charge in [0.15, 0.2) is 5.58 Å². The number of ether oxygens (including phenoxy) is 1. The average Bonchev–Trinajstić information content (AvgIpc) is 3.14. The molecule has 0 spiro atoms. The van der Waals surface area contributed by atoms with Gasteiger partial charge < -0.3 is 19.4 Å². The fourth-order valence-electron chi connectivity index (χ4n) is 3.36. The van der Waals surface area contributed by atoms with Crippen molar-refractivity contribution in [2.75, 3.05) is 31.6 Å². The number of nitrogens with zero attached hydrogens (tertiary/aromatic N) is 2. The first-order valence-electron chi connectivity index (χ1n) is 9.62. The van der Waals surface area contributed by atoms with Crippen molar-refractivity contribution in [3.8, 4) is 0 Å². The molecule has 1 aliphatic heterocycles. The van der Waals surface area contributed by atoms with Crippen molar-refractivity contribution in [1.29, 1.82) is 0 Å². The summed E-state index contributed by atoms with van der Waals surface area (Å²) in [5, 5.41) is 3.02. The molecule has 7 nitrogen and oxygen atoms in total. The molecule has 0 aliphatic carbocycles. The highest BCUT2D eigenvalue weighted by atomic mass is 16.5. The van der Waals surface area contributed by atoms with Crippen molar-refractivity contribution in [3.63, 3.8) is 0 Å². The number of carbonyl (C=O) groups excluding carboxylic acids is 2. The van der Waals surface area contributed by atoms with Gasteiger partial charge in [-0.1, -0.05) is 18.6 Å². The fourth-order valence-corrected chi connectivity index (χ4v) is 3.36. The molecule has 3 rings (SSSR count). The van der Waals surface area contributed by atoms with Crippen LogP contribution in [0.4, 0.5) is 6.01 Å². The molecule has 146 valence electrons. The largest absolute Gasteiger partial charge is 0.469 e. The van der Waals surface area contributed by atoms with Crippen LogP contribution in [0, 0.1) is 5.92 Å². The van der Waals surface area contributed by atoms with Gasteiger partial charge in [0.05, 0.1) is 7.11 Å². The predicted octanol–water partition coefficient (Wildman–Crippen LogP) is 2.89. The number of amides is 1. The summed E-state index contributed by atoms with van der Waals surface area (Å²) in [6.07, 6.45) is 4.62. The minimum Gasteiger partial charge on any atom is -0.469 e. The molecule has 1 aliphatic rings. The minimum atomic E-state index is -0.176. The van der Waals surface area contributed by atoms with Crippen molar-refractivity contribution in [2.45, 2.75) is 38.5 Å². The lowest BCUT2D eigenvalue weighted by Crippen LogP contribution is -2.40. The second-order valence-corrected chi connectivity index (χ2v) is 6.90. The number of piperidine rings is 1. The molecule has 0 radical (unpaired) electrons. The summed E-state index contributed by atoms with van der Waals surface area (Å²) < 4.78 is 10.4. The summed E-state index contributed by atoms with van der Waals surface area (Å²) in [6.45, 7) is 2.19. The summed E-state index contributed by atoms with van der Waals surface area (Å²) >= 11 is 0. The van der Waals surface area contributed by atoms with Gasteiger partial charge >= 0.3 is 5.97 Å². The predicted molar refractivity (Wildman–Crippen MR) is 102 cm³/mol. The third kappa shape index (κ3) is 5.21. The lowest BCUT2D eigenvalue weighted by atomic mass is 9.96. The number of unbranched alkanes of at least 4 members (excludes halogenated alkanes) is 2. The molecule has 1 aromatic carbocycles. The number of esters is 1. The van der Waals surface area contributed by atoms with E-state index in [4.69, 9.17) is 4.42 Å². The number of para-hydroxylation sites is 2. The van der Waals surface area contributed by atoms with Gasteiger partial charge in [0.2, 0.25) is 5.91 Å². The van der Waals surface area contributed by atoms with Crippen LogP contribution in [0.15, 0.2) is 28.7 Å². The monoisotopic (exact) mass is 373 g/mol. The first kappa shape index (κ1) is 19.2.